The molecular weight excluding hydrogens is 486 g/mol. The minimum atomic E-state index is -3.98. The fourth-order valence-corrected chi connectivity index (χ4v) is 6.04. The summed E-state index contributed by atoms with van der Waals surface area (Å²) in [5, 5.41) is 3.01. The maximum Gasteiger partial charge on any atom is 0.243 e. The second kappa shape index (κ2) is 11.9. The summed E-state index contributed by atoms with van der Waals surface area (Å²) in [4.78, 5) is 13.1. The number of sulfonamides is 1. The minimum Gasteiger partial charge on any atom is -0.496 e. The van der Waals surface area contributed by atoms with Crippen LogP contribution in [0.1, 0.15) is 36.8 Å². The minimum absolute atomic E-state index is 0.00895. The molecule has 196 valence electrons. The average Bonchev–Trinajstić information content (AvgIpc) is 2.90. The molecule has 0 aromatic heterocycles. The lowest BCUT2D eigenvalue weighted by Crippen LogP contribution is -2.46. The van der Waals surface area contributed by atoms with Gasteiger partial charge in [0.2, 0.25) is 15.9 Å². The first-order chi connectivity index (χ1) is 17.8. The lowest BCUT2D eigenvalue weighted by Gasteiger charge is -2.28. The van der Waals surface area contributed by atoms with Crippen LogP contribution in [0.4, 0.5) is 0 Å². The van der Waals surface area contributed by atoms with Crippen molar-refractivity contribution in [1.82, 2.24) is 9.62 Å². The molecule has 0 saturated heterocycles. The number of nitrogens with one attached hydrogen (secondary N) is 1. The van der Waals surface area contributed by atoms with Crippen LogP contribution in [0.15, 0.2) is 77.7 Å². The topological polar surface area (TPSA) is 102 Å². The fourth-order valence-electron chi connectivity index (χ4n) is 4.66. The van der Waals surface area contributed by atoms with E-state index < -0.39 is 10.0 Å². The molecule has 1 saturated carbocycles. The summed E-state index contributed by atoms with van der Waals surface area (Å²) in [7, 11) is -2.43. The van der Waals surface area contributed by atoms with Gasteiger partial charge in [0.05, 0.1) is 18.6 Å². The van der Waals surface area contributed by atoms with E-state index in [1.54, 1.807) is 37.4 Å². The number of rotatable bonds is 9. The van der Waals surface area contributed by atoms with E-state index in [-0.39, 0.29) is 36.0 Å². The van der Waals surface area contributed by atoms with Gasteiger partial charge in [-0.15, -0.1) is 0 Å². The highest BCUT2D eigenvalue weighted by Crippen LogP contribution is 2.26. The van der Waals surface area contributed by atoms with Crippen molar-refractivity contribution in [3.8, 4) is 16.9 Å². The van der Waals surface area contributed by atoms with Gasteiger partial charge in [-0.05, 0) is 61.9 Å². The van der Waals surface area contributed by atoms with Gasteiger partial charge in [-0.3, -0.25) is 4.79 Å². The molecule has 0 bridgehead atoms. The van der Waals surface area contributed by atoms with Crippen LogP contribution in [0.25, 0.3) is 11.1 Å². The Bertz CT molecular complexity index is 1300. The number of para-hydroxylation sites is 1. The highest BCUT2D eigenvalue weighted by molar-refractivity contribution is 7.89. The molecule has 0 spiro atoms. The number of hydrogen-bond donors (Lipinski definition) is 2. The number of hydrogen-bond acceptors (Lipinski definition) is 5. The fraction of sp³-hybridized carbons (Fsp3) is 0.345. The second-order valence-corrected chi connectivity index (χ2v) is 11.6. The molecule has 0 aliphatic heterocycles. The number of nitrogens with two attached hydrogens (primary N) is 1. The molecule has 1 fully saturated rings. The first-order valence-corrected chi connectivity index (χ1v) is 14.0. The van der Waals surface area contributed by atoms with Crippen molar-refractivity contribution >= 4 is 15.9 Å². The van der Waals surface area contributed by atoms with Crippen LogP contribution in [0.5, 0.6) is 5.75 Å². The Morgan fingerprint density at radius 2 is 1.54 bits per heavy atom. The van der Waals surface area contributed by atoms with Gasteiger partial charge in [0.25, 0.3) is 0 Å². The molecule has 37 heavy (non-hydrogen) atoms. The van der Waals surface area contributed by atoms with Gasteiger partial charge >= 0.3 is 0 Å². The lowest BCUT2D eigenvalue weighted by atomic mass is 9.92. The molecule has 1 aliphatic rings. The number of ether oxygens (including phenoxy) is 1. The van der Waals surface area contributed by atoms with Gasteiger partial charge in [-0.2, -0.15) is 4.31 Å². The van der Waals surface area contributed by atoms with Crippen LogP contribution in [0.2, 0.25) is 0 Å². The van der Waals surface area contributed by atoms with Gasteiger partial charge in [-0.1, -0.05) is 60.2 Å². The second-order valence-electron chi connectivity index (χ2n) is 9.65. The van der Waals surface area contributed by atoms with Crippen molar-refractivity contribution in [2.45, 2.75) is 56.1 Å². The van der Waals surface area contributed by atoms with Crippen molar-refractivity contribution in [2.24, 2.45) is 5.73 Å². The van der Waals surface area contributed by atoms with Crippen molar-refractivity contribution in [2.75, 3.05) is 13.7 Å². The average molecular weight is 522 g/mol. The van der Waals surface area contributed by atoms with Crippen LogP contribution < -0.4 is 15.8 Å². The van der Waals surface area contributed by atoms with Crippen LogP contribution in [-0.2, 0) is 21.4 Å². The molecule has 0 atom stereocenters. The SMILES string of the molecule is COc1ccccc1CN(CC(=O)NC1CCC(N)CC1)S(=O)(=O)c1ccc(-c2ccc(C)cc2)cc1. The van der Waals surface area contributed by atoms with Gasteiger partial charge in [0, 0.05) is 24.2 Å². The van der Waals surface area contributed by atoms with Crippen LogP contribution in [0, 0.1) is 6.92 Å². The van der Waals surface area contributed by atoms with E-state index in [0.717, 1.165) is 42.4 Å². The summed E-state index contributed by atoms with van der Waals surface area (Å²) in [5.74, 6) is 0.245. The van der Waals surface area contributed by atoms with Crippen molar-refractivity contribution < 1.29 is 17.9 Å². The van der Waals surface area contributed by atoms with Crippen molar-refractivity contribution in [1.29, 1.82) is 0 Å². The third-order valence-electron chi connectivity index (χ3n) is 6.87. The first-order valence-electron chi connectivity index (χ1n) is 12.6. The Balaban J connectivity index is 1.58. The maximum atomic E-state index is 13.8. The summed E-state index contributed by atoms with van der Waals surface area (Å²) >= 11 is 0. The Hall–Kier alpha value is -3.20. The van der Waals surface area contributed by atoms with E-state index in [0.29, 0.717) is 11.3 Å². The zero-order valence-electron chi connectivity index (χ0n) is 21.4. The molecule has 0 unspecified atom stereocenters. The number of carbonyl (C=O) groups is 1. The molecule has 1 aliphatic carbocycles. The van der Waals surface area contributed by atoms with Gasteiger partial charge in [0.1, 0.15) is 5.75 Å². The van der Waals surface area contributed by atoms with Crippen LogP contribution in [0.3, 0.4) is 0 Å². The summed E-state index contributed by atoms with van der Waals surface area (Å²) in [5.41, 5.74) is 9.75. The summed E-state index contributed by atoms with van der Waals surface area (Å²) in [6.45, 7) is 1.74. The number of amides is 1. The quantitative estimate of drug-likeness (QED) is 0.438. The van der Waals surface area contributed by atoms with Gasteiger partial charge in [-0.25, -0.2) is 8.42 Å². The molecule has 4 rings (SSSR count). The number of methoxy groups -OCH3 is 1. The van der Waals surface area contributed by atoms with E-state index in [4.69, 9.17) is 10.5 Å². The van der Waals surface area contributed by atoms with E-state index in [2.05, 4.69) is 5.32 Å². The third kappa shape index (κ3) is 6.77. The number of carbonyl (C=O) groups excluding carboxylic acids is 1. The van der Waals surface area contributed by atoms with Crippen LogP contribution >= 0.6 is 0 Å². The number of nitrogens with zero attached hydrogens (tertiary/aromatic N) is 1. The highest BCUT2D eigenvalue weighted by Gasteiger charge is 2.29. The Kier molecular flexibility index (Phi) is 8.63. The molecule has 8 heteroatoms. The molecule has 1 amide bonds. The first kappa shape index (κ1) is 26.9. The van der Waals surface area contributed by atoms with Gasteiger partial charge < -0.3 is 15.8 Å². The Morgan fingerprint density at radius 3 is 2.16 bits per heavy atom. The number of aryl methyl sites for hydroxylation is 1. The van der Waals surface area contributed by atoms with E-state index in [9.17, 15) is 13.2 Å². The van der Waals surface area contributed by atoms with Crippen molar-refractivity contribution in [3.05, 3.63) is 83.9 Å². The van der Waals surface area contributed by atoms with E-state index >= 15 is 0 Å². The monoisotopic (exact) mass is 521 g/mol. The van der Waals surface area contributed by atoms with Crippen LogP contribution in [-0.4, -0.2) is 44.4 Å². The zero-order valence-corrected chi connectivity index (χ0v) is 22.2. The van der Waals surface area contributed by atoms with Gasteiger partial charge in [0.15, 0.2) is 0 Å². The molecule has 7 nitrogen and oxygen atoms in total. The zero-order chi connectivity index (χ0) is 26.4. The Morgan fingerprint density at radius 1 is 0.946 bits per heavy atom. The summed E-state index contributed by atoms with van der Waals surface area (Å²) in [6.07, 6.45) is 3.29. The third-order valence-corrected chi connectivity index (χ3v) is 8.68. The smallest absolute Gasteiger partial charge is 0.243 e. The molecule has 3 aromatic carbocycles. The standard InChI is InChI=1S/C29H35N3O4S/c1-21-7-9-22(10-8-21)23-11-17-27(18-12-23)37(34,35)32(19-24-5-3-4-6-28(24)36-2)20-29(33)31-26-15-13-25(30)14-16-26/h3-12,17-18,25-26H,13-16,19-20,30H2,1-2H3,(H,31,33). The summed E-state index contributed by atoms with van der Waals surface area (Å²) in [6, 6.07) is 22.3. The predicted molar refractivity (Wildman–Crippen MR) is 146 cm³/mol. The molecule has 3 N–H and O–H groups in total. The highest BCUT2D eigenvalue weighted by atomic mass is 32.2. The molecule has 3 aromatic rings. The molecular formula is C29H35N3O4S. The van der Waals surface area contributed by atoms with Crippen molar-refractivity contribution in [3.63, 3.8) is 0 Å². The lowest BCUT2D eigenvalue weighted by molar-refractivity contribution is -0.122. The molecule has 0 heterocycles. The normalized spacial score (nSPS) is 17.9. The molecule has 0 radical (unpaired) electrons. The summed E-state index contributed by atoms with van der Waals surface area (Å²) < 4.78 is 34.2. The van der Waals surface area contributed by atoms with E-state index in [1.165, 1.54) is 4.31 Å². The Labute approximate surface area is 219 Å². The predicted octanol–water partition coefficient (Wildman–Crippen LogP) is 4.25. The van der Waals surface area contributed by atoms with E-state index in [1.807, 2.05) is 49.4 Å². The number of benzene rings is 3. The largest absolute Gasteiger partial charge is 0.496 e. The maximum absolute atomic E-state index is 13.8.